The summed E-state index contributed by atoms with van der Waals surface area (Å²) in [5, 5.41) is 8.05. The van der Waals surface area contributed by atoms with Crippen LogP contribution in [-0.2, 0) is 9.59 Å². The Kier molecular flexibility index (Phi) is 4.12. The predicted octanol–water partition coefficient (Wildman–Crippen LogP) is 1.03. The molecule has 0 bridgehead atoms. The molecule has 0 saturated heterocycles. The van der Waals surface area contributed by atoms with E-state index in [4.69, 9.17) is 16.7 Å². The Morgan fingerprint density at radius 1 is 1.67 bits per heavy atom. The molecule has 0 aromatic carbocycles. The third kappa shape index (κ3) is 4.65. The number of aliphatic carboxylic acids is 1. The lowest BCUT2D eigenvalue weighted by Gasteiger charge is -1.93. The number of alkyl halides is 2. The Bertz CT molecular complexity index is 134. The van der Waals surface area contributed by atoms with E-state index in [0.717, 1.165) is 0 Å². The highest BCUT2D eigenvalue weighted by molar-refractivity contribution is 14.1. The summed E-state index contributed by atoms with van der Waals surface area (Å²) in [5.74, 6) is -1.60. The van der Waals surface area contributed by atoms with Crippen LogP contribution >= 0.6 is 34.2 Å². The van der Waals surface area contributed by atoms with E-state index in [0.29, 0.717) is 0 Å². The fraction of sp³-hybridized carbons (Fsp3) is 0.500. The number of Topliss-reactive ketones (excluding diaryl/α,β-unsaturated/α-hetero) is 1. The summed E-state index contributed by atoms with van der Waals surface area (Å²) in [4.78, 5) is 20.3. The third-order valence-electron chi connectivity index (χ3n) is 0.569. The van der Waals surface area contributed by atoms with E-state index in [2.05, 4.69) is 0 Å². The Labute approximate surface area is 70.5 Å². The van der Waals surface area contributed by atoms with Gasteiger partial charge in [-0.2, -0.15) is 0 Å². The fourth-order valence-corrected chi connectivity index (χ4v) is 0.524. The molecule has 0 aliphatic heterocycles. The van der Waals surface area contributed by atoms with Crippen LogP contribution < -0.4 is 0 Å². The molecule has 0 aromatic rings. The van der Waals surface area contributed by atoms with E-state index in [-0.39, 0.29) is 0 Å². The molecule has 52 valence electrons. The second-order valence-electron chi connectivity index (χ2n) is 1.34. The van der Waals surface area contributed by atoms with Gasteiger partial charge in [-0.3, -0.25) is 9.59 Å². The van der Waals surface area contributed by atoms with Gasteiger partial charge in [0, 0.05) is 0 Å². The highest BCUT2D eigenvalue weighted by Gasteiger charge is 2.13. The molecule has 0 heterocycles. The Morgan fingerprint density at radius 2 is 2.11 bits per heavy atom. The molecule has 1 N–H and O–H groups in total. The van der Waals surface area contributed by atoms with Crippen molar-refractivity contribution in [3.63, 3.8) is 0 Å². The molecule has 0 saturated carbocycles. The quantitative estimate of drug-likeness (QED) is 0.469. The summed E-state index contributed by atoms with van der Waals surface area (Å²) in [7, 11) is 0. The molecule has 3 nitrogen and oxygen atoms in total. The molecule has 0 rings (SSSR count). The first-order valence-corrected chi connectivity index (χ1v) is 3.75. The van der Waals surface area contributed by atoms with Crippen LogP contribution in [0, 0.1) is 0 Å². The molecule has 0 fully saturated rings. The minimum Gasteiger partial charge on any atom is -0.481 e. The van der Waals surface area contributed by atoms with Crippen LogP contribution in [0.1, 0.15) is 6.42 Å². The van der Waals surface area contributed by atoms with E-state index >= 15 is 0 Å². The van der Waals surface area contributed by atoms with Gasteiger partial charge in [0.2, 0.25) is 0 Å². The van der Waals surface area contributed by atoms with Gasteiger partial charge in [-0.25, -0.2) is 0 Å². The second kappa shape index (κ2) is 4.05. The molecule has 0 aromatic heterocycles. The predicted molar refractivity (Wildman–Crippen MR) is 40.9 cm³/mol. The molecule has 0 amide bonds. The van der Waals surface area contributed by atoms with Gasteiger partial charge in [0.15, 0.2) is 5.78 Å². The van der Waals surface area contributed by atoms with E-state index in [1.54, 1.807) is 22.6 Å². The fourth-order valence-electron chi connectivity index (χ4n) is 0.226. The Morgan fingerprint density at radius 3 is 2.22 bits per heavy atom. The van der Waals surface area contributed by atoms with Gasteiger partial charge in [-0.15, -0.1) is 11.6 Å². The monoisotopic (exact) mass is 262 g/mol. The SMILES string of the molecule is O=C(O)CC(=O)C(Cl)I. The number of rotatable bonds is 3. The first kappa shape index (κ1) is 9.16. The van der Waals surface area contributed by atoms with Gasteiger partial charge < -0.3 is 5.11 Å². The van der Waals surface area contributed by atoms with Crippen molar-refractivity contribution in [3.05, 3.63) is 0 Å². The molecule has 5 heteroatoms. The van der Waals surface area contributed by atoms with Crippen molar-refractivity contribution < 1.29 is 14.7 Å². The lowest BCUT2D eigenvalue weighted by Crippen LogP contribution is -2.12. The zero-order valence-electron chi connectivity index (χ0n) is 4.30. The molecule has 0 spiro atoms. The highest BCUT2D eigenvalue weighted by atomic mass is 127. The van der Waals surface area contributed by atoms with Gasteiger partial charge >= 0.3 is 5.97 Å². The number of carboxylic acid groups (broad SMARTS) is 1. The highest BCUT2D eigenvalue weighted by Crippen LogP contribution is 2.08. The Hall–Kier alpha value is 0.160. The van der Waals surface area contributed by atoms with Crippen molar-refractivity contribution in [1.29, 1.82) is 0 Å². The van der Waals surface area contributed by atoms with Gasteiger partial charge in [0.05, 0.1) is 0 Å². The topological polar surface area (TPSA) is 54.4 Å². The van der Waals surface area contributed by atoms with Gasteiger partial charge in [0.25, 0.3) is 0 Å². The zero-order valence-corrected chi connectivity index (χ0v) is 7.22. The number of halogens is 2. The average Bonchev–Trinajstić information content (AvgIpc) is 1.63. The van der Waals surface area contributed by atoms with Crippen molar-refractivity contribution in [2.24, 2.45) is 0 Å². The number of carbonyl (C=O) groups excluding carboxylic acids is 1. The largest absolute Gasteiger partial charge is 0.481 e. The number of carbonyl (C=O) groups is 2. The summed E-state index contributed by atoms with van der Waals surface area (Å²) in [6, 6.07) is 0. The summed E-state index contributed by atoms with van der Waals surface area (Å²) < 4.78 is -0.723. The standard InChI is InChI=1S/C4H4ClIO3/c5-4(6)2(7)1-3(8)9/h4H,1H2,(H,8,9). The van der Waals surface area contributed by atoms with E-state index in [1.807, 2.05) is 0 Å². The number of hydrogen-bond donors (Lipinski definition) is 1. The van der Waals surface area contributed by atoms with Crippen LogP contribution in [0.25, 0.3) is 0 Å². The Balaban J connectivity index is 3.64. The third-order valence-corrected chi connectivity index (χ3v) is 1.51. The van der Waals surface area contributed by atoms with E-state index in [9.17, 15) is 9.59 Å². The minimum absolute atomic E-state index is 0.468. The number of hydrogen-bond acceptors (Lipinski definition) is 2. The first-order chi connectivity index (χ1) is 4.04. The summed E-state index contributed by atoms with van der Waals surface area (Å²) in [6.07, 6.45) is -0.489. The summed E-state index contributed by atoms with van der Waals surface area (Å²) in [5.41, 5.74) is 0. The van der Waals surface area contributed by atoms with Crippen LogP contribution in [0.15, 0.2) is 0 Å². The van der Waals surface area contributed by atoms with Crippen LogP contribution in [0.4, 0.5) is 0 Å². The van der Waals surface area contributed by atoms with Crippen molar-refractivity contribution >= 4 is 45.9 Å². The molecule has 0 aliphatic rings. The smallest absolute Gasteiger partial charge is 0.310 e. The van der Waals surface area contributed by atoms with E-state index in [1.165, 1.54) is 0 Å². The molecule has 0 radical (unpaired) electrons. The number of carboxylic acids is 1. The van der Waals surface area contributed by atoms with Crippen LogP contribution in [0.3, 0.4) is 0 Å². The lowest BCUT2D eigenvalue weighted by atomic mass is 10.3. The number of ketones is 1. The maximum absolute atomic E-state index is 10.4. The zero-order chi connectivity index (χ0) is 7.44. The minimum atomic E-state index is -1.14. The van der Waals surface area contributed by atoms with Crippen LogP contribution in [-0.4, -0.2) is 20.2 Å². The molecule has 9 heavy (non-hydrogen) atoms. The van der Waals surface area contributed by atoms with Crippen molar-refractivity contribution in [3.8, 4) is 0 Å². The van der Waals surface area contributed by atoms with Crippen LogP contribution in [0.2, 0.25) is 0 Å². The second-order valence-corrected chi connectivity index (χ2v) is 3.76. The van der Waals surface area contributed by atoms with Crippen molar-refractivity contribution in [2.45, 2.75) is 9.80 Å². The average molecular weight is 262 g/mol. The molecule has 0 aliphatic carbocycles. The normalized spacial score (nSPS) is 12.7. The summed E-state index contributed by atoms with van der Waals surface area (Å²) in [6.45, 7) is 0. The lowest BCUT2D eigenvalue weighted by molar-refractivity contribution is -0.139. The van der Waals surface area contributed by atoms with Gasteiger partial charge in [-0.1, -0.05) is 22.6 Å². The summed E-state index contributed by atoms with van der Waals surface area (Å²) >= 11 is 6.90. The van der Waals surface area contributed by atoms with E-state index < -0.39 is 21.6 Å². The molecule has 1 atom stereocenters. The van der Waals surface area contributed by atoms with Crippen LogP contribution in [0.5, 0.6) is 0 Å². The van der Waals surface area contributed by atoms with Gasteiger partial charge in [-0.05, 0) is 0 Å². The maximum atomic E-state index is 10.4. The molecular weight excluding hydrogens is 258 g/mol. The molecule has 1 unspecified atom stereocenters. The molecular formula is C4H4ClIO3. The van der Waals surface area contributed by atoms with Gasteiger partial charge in [0.1, 0.15) is 9.80 Å². The maximum Gasteiger partial charge on any atom is 0.310 e. The van der Waals surface area contributed by atoms with Crippen molar-refractivity contribution in [1.82, 2.24) is 0 Å². The first-order valence-electron chi connectivity index (χ1n) is 2.06. The van der Waals surface area contributed by atoms with Crippen molar-refractivity contribution in [2.75, 3.05) is 0 Å².